The van der Waals surface area contributed by atoms with Crippen molar-refractivity contribution in [2.45, 2.75) is 24.8 Å². The number of nitrogens with zero attached hydrogens (tertiary/aromatic N) is 1. The van der Waals surface area contributed by atoms with E-state index in [4.69, 9.17) is 14.2 Å². The molecule has 0 amide bonds. The van der Waals surface area contributed by atoms with Gasteiger partial charge >= 0.3 is 0 Å². The lowest BCUT2D eigenvalue weighted by atomic mass is 10.1. The molecule has 1 atom stereocenters. The molecule has 32 heavy (non-hydrogen) atoms. The average Bonchev–Trinajstić information content (AvgIpc) is 2.78. The Morgan fingerprint density at radius 1 is 0.875 bits per heavy atom. The first-order valence-corrected chi connectivity index (χ1v) is 11.3. The molecule has 0 spiro atoms. The Morgan fingerprint density at radius 3 is 2.19 bits per heavy atom. The Balaban J connectivity index is 2.26. The number of methoxy groups -OCH3 is 3. The number of rotatable bonds is 8. The summed E-state index contributed by atoms with van der Waals surface area (Å²) in [5, 5.41) is 0. The molecule has 3 aromatic carbocycles. The maximum atomic E-state index is 13.9. The fourth-order valence-corrected chi connectivity index (χ4v) is 5.46. The van der Waals surface area contributed by atoms with Gasteiger partial charge in [0.2, 0.25) is 0 Å². The molecule has 3 rings (SSSR count). The van der Waals surface area contributed by atoms with Crippen LogP contribution in [0, 0.1) is 12.7 Å². The average molecular weight is 460 g/mol. The van der Waals surface area contributed by atoms with Crippen molar-refractivity contribution < 1.29 is 27.0 Å². The fraction of sp³-hybridized carbons (Fsp3) is 0.250. The van der Waals surface area contributed by atoms with E-state index in [9.17, 15) is 12.8 Å². The highest BCUT2D eigenvalue weighted by atomic mass is 32.2. The van der Waals surface area contributed by atoms with Crippen molar-refractivity contribution in [3.05, 3.63) is 77.6 Å². The Bertz CT molecular complexity index is 1210. The summed E-state index contributed by atoms with van der Waals surface area (Å²) in [6.45, 7) is 3.32. The van der Waals surface area contributed by atoms with Crippen LogP contribution in [0.25, 0.3) is 0 Å². The van der Waals surface area contributed by atoms with Crippen molar-refractivity contribution in [1.82, 2.24) is 0 Å². The van der Waals surface area contributed by atoms with E-state index in [1.807, 2.05) is 0 Å². The summed E-state index contributed by atoms with van der Waals surface area (Å²) in [4.78, 5) is 0.00966. The number of anilines is 1. The highest BCUT2D eigenvalue weighted by Crippen LogP contribution is 2.39. The van der Waals surface area contributed by atoms with Crippen LogP contribution >= 0.6 is 0 Å². The zero-order valence-corrected chi connectivity index (χ0v) is 19.4. The van der Waals surface area contributed by atoms with Crippen LogP contribution in [0.3, 0.4) is 0 Å². The van der Waals surface area contributed by atoms with Crippen molar-refractivity contribution in [3.8, 4) is 17.2 Å². The molecule has 0 radical (unpaired) electrons. The monoisotopic (exact) mass is 459 g/mol. The summed E-state index contributed by atoms with van der Waals surface area (Å²) >= 11 is 0. The van der Waals surface area contributed by atoms with Crippen LogP contribution in [0.4, 0.5) is 10.1 Å². The molecule has 0 aromatic heterocycles. The van der Waals surface area contributed by atoms with Crippen molar-refractivity contribution in [2.24, 2.45) is 0 Å². The Kier molecular flexibility index (Phi) is 6.93. The Hall–Kier alpha value is -3.26. The Labute approximate surface area is 188 Å². The van der Waals surface area contributed by atoms with Crippen LogP contribution in [-0.2, 0) is 10.0 Å². The topological polar surface area (TPSA) is 65.1 Å². The summed E-state index contributed by atoms with van der Waals surface area (Å²) in [5.74, 6) is 1.08. The maximum absolute atomic E-state index is 13.9. The molecule has 0 aliphatic rings. The van der Waals surface area contributed by atoms with Crippen LogP contribution in [0.2, 0.25) is 0 Å². The first-order chi connectivity index (χ1) is 15.2. The van der Waals surface area contributed by atoms with Gasteiger partial charge in [0, 0.05) is 11.6 Å². The summed E-state index contributed by atoms with van der Waals surface area (Å²) < 4.78 is 59.0. The van der Waals surface area contributed by atoms with Crippen LogP contribution in [0.15, 0.2) is 65.6 Å². The number of hydrogen-bond donors (Lipinski definition) is 0. The van der Waals surface area contributed by atoms with Crippen LogP contribution < -0.4 is 18.5 Å². The summed E-state index contributed by atoms with van der Waals surface area (Å²) in [6.07, 6.45) is 0. The molecule has 0 fully saturated rings. The van der Waals surface area contributed by atoms with Gasteiger partial charge in [0.15, 0.2) is 0 Å². The molecule has 0 saturated carbocycles. The minimum Gasteiger partial charge on any atom is -0.497 e. The van der Waals surface area contributed by atoms with E-state index in [0.29, 0.717) is 34.1 Å². The van der Waals surface area contributed by atoms with Crippen molar-refractivity contribution in [3.63, 3.8) is 0 Å². The van der Waals surface area contributed by atoms with Gasteiger partial charge in [0.25, 0.3) is 10.0 Å². The quantitative estimate of drug-likeness (QED) is 0.468. The molecular formula is C24H26FNO5S. The van der Waals surface area contributed by atoms with Gasteiger partial charge in [-0.05, 0) is 67.9 Å². The van der Waals surface area contributed by atoms with Gasteiger partial charge in [-0.25, -0.2) is 12.8 Å². The number of halogens is 1. The molecule has 0 saturated heterocycles. The normalized spacial score (nSPS) is 12.2. The first-order valence-electron chi connectivity index (χ1n) is 9.89. The number of benzene rings is 3. The van der Waals surface area contributed by atoms with E-state index >= 15 is 0 Å². The SMILES string of the molecule is COc1cccc(N([C@@H](C)c2cc(OC)ccc2OC)S(=O)(=O)c2ccc(F)cc2C)c1. The number of hydrogen-bond acceptors (Lipinski definition) is 5. The van der Waals surface area contributed by atoms with E-state index in [2.05, 4.69) is 0 Å². The lowest BCUT2D eigenvalue weighted by Gasteiger charge is -2.32. The zero-order chi connectivity index (χ0) is 23.5. The third kappa shape index (κ3) is 4.50. The van der Waals surface area contributed by atoms with Gasteiger partial charge in [-0.3, -0.25) is 4.31 Å². The van der Waals surface area contributed by atoms with Crippen molar-refractivity contribution in [2.75, 3.05) is 25.6 Å². The molecule has 170 valence electrons. The summed E-state index contributed by atoms with van der Waals surface area (Å²) in [6, 6.07) is 14.9. The van der Waals surface area contributed by atoms with Crippen LogP contribution in [-0.4, -0.2) is 29.7 Å². The molecule has 0 bridgehead atoms. The maximum Gasteiger partial charge on any atom is 0.265 e. The Morgan fingerprint density at radius 2 is 1.56 bits per heavy atom. The molecule has 3 aromatic rings. The first kappa shape index (κ1) is 23.4. The van der Waals surface area contributed by atoms with E-state index in [1.165, 1.54) is 37.8 Å². The lowest BCUT2D eigenvalue weighted by molar-refractivity contribution is 0.396. The van der Waals surface area contributed by atoms with Crippen molar-refractivity contribution >= 4 is 15.7 Å². The molecule has 6 nitrogen and oxygen atoms in total. The second-order valence-corrected chi connectivity index (χ2v) is 8.98. The predicted molar refractivity (Wildman–Crippen MR) is 122 cm³/mol. The van der Waals surface area contributed by atoms with Gasteiger partial charge in [0.1, 0.15) is 23.1 Å². The zero-order valence-electron chi connectivity index (χ0n) is 18.6. The lowest BCUT2D eigenvalue weighted by Crippen LogP contribution is -2.34. The van der Waals surface area contributed by atoms with E-state index in [0.717, 1.165) is 6.07 Å². The fourth-order valence-electron chi connectivity index (χ4n) is 3.62. The molecule has 0 N–H and O–H groups in total. The molecule has 0 aliphatic heterocycles. The molecular weight excluding hydrogens is 433 g/mol. The minimum atomic E-state index is -4.10. The van der Waals surface area contributed by atoms with Crippen LogP contribution in [0.1, 0.15) is 24.1 Å². The van der Waals surface area contributed by atoms with Crippen LogP contribution in [0.5, 0.6) is 17.2 Å². The number of aryl methyl sites for hydroxylation is 1. The van der Waals surface area contributed by atoms with Gasteiger partial charge in [-0.2, -0.15) is 0 Å². The predicted octanol–water partition coefficient (Wildman–Crippen LogP) is 5.12. The summed E-state index contributed by atoms with van der Waals surface area (Å²) in [7, 11) is 0.464. The minimum absolute atomic E-state index is 0.00966. The number of ether oxygens (including phenoxy) is 3. The highest BCUT2D eigenvalue weighted by Gasteiger charge is 2.33. The van der Waals surface area contributed by atoms with Gasteiger partial charge in [-0.1, -0.05) is 6.07 Å². The third-order valence-corrected chi connectivity index (χ3v) is 7.28. The van der Waals surface area contributed by atoms with Gasteiger partial charge in [0.05, 0.1) is 38.0 Å². The van der Waals surface area contributed by atoms with E-state index in [-0.39, 0.29) is 4.90 Å². The summed E-state index contributed by atoms with van der Waals surface area (Å²) in [5.41, 5.74) is 1.31. The van der Waals surface area contributed by atoms with E-state index in [1.54, 1.807) is 56.3 Å². The van der Waals surface area contributed by atoms with E-state index < -0.39 is 21.9 Å². The largest absolute Gasteiger partial charge is 0.497 e. The second kappa shape index (κ2) is 9.48. The second-order valence-electron chi connectivity index (χ2n) is 7.20. The molecule has 0 aliphatic carbocycles. The van der Waals surface area contributed by atoms with Crippen molar-refractivity contribution in [1.29, 1.82) is 0 Å². The number of sulfonamides is 1. The third-order valence-electron chi connectivity index (χ3n) is 5.22. The molecule has 8 heteroatoms. The highest BCUT2D eigenvalue weighted by molar-refractivity contribution is 7.92. The standard InChI is InChI=1S/C24H26FNO5S/c1-16-13-18(25)9-12-24(16)32(27,28)26(19-7-6-8-20(14-19)29-3)17(2)22-15-21(30-4)10-11-23(22)31-5/h6-15,17H,1-5H3/t17-/m0/s1. The van der Waals surface area contributed by atoms with Gasteiger partial charge < -0.3 is 14.2 Å². The smallest absolute Gasteiger partial charge is 0.265 e. The molecule has 0 heterocycles. The molecule has 0 unspecified atom stereocenters. The van der Waals surface area contributed by atoms with Gasteiger partial charge in [-0.15, -0.1) is 0 Å².